The maximum atomic E-state index is 10.6. The first-order valence-electron chi connectivity index (χ1n) is 9.99. The van der Waals surface area contributed by atoms with Crippen molar-refractivity contribution in [2.45, 2.75) is 58.8 Å². The molecule has 0 bridgehead atoms. The third-order valence-electron chi connectivity index (χ3n) is 4.28. The summed E-state index contributed by atoms with van der Waals surface area (Å²) in [5, 5.41) is 17.2. The number of rotatable bonds is 10. The normalized spacial score (nSPS) is 14.0. The highest BCUT2D eigenvalue weighted by atomic mass is 16.5. The zero-order valence-electron chi connectivity index (χ0n) is 17.3. The summed E-state index contributed by atoms with van der Waals surface area (Å²) in [7, 11) is 0. The van der Waals surface area contributed by atoms with E-state index in [1.165, 1.54) is 0 Å². The first kappa shape index (κ1) is 21.8. The van der Waals surface area contributed by atoms with Crippen molar-refractivity contribution in [1.82, 2.24) is 10.6 Å². The number of nitrogens with zero attached hydrogens (tertiary/aromatic N) is 1. The number of aliphatic hydroxyl groups is 1. The molecule has 0 aliphatic rings. The molecule has 154 valence electrons. The van der Waals surface area contributed by atoms with Gasteiger partial charge in [-0.2, -0.15) is 0 Å². The molecule has 1 heterocycles. The van der Waals surface area contributed by atoms with Crippen molar-refractivity contribution >= 4 is 5.96 Å². The Balaban J connectivity index is 1.97. The van der Waals surface area contributed by atoms with E-state index in [0.29, 0.717) is 12.5 Å². The Morgan fingerprint density at radius 3 is 2.71 bits per heavy atom. The molecule has 0 spiro atoms. The maximum absolute atomic E-state index is 10.6. The molecule has 0 fully saturated rings. The molecule has 6 nitrogen and oxygen atoms in total. The first-order chi connectivity index (χ1) is 13.5. The fourth-order valence-corrected chi connectivity index (χ4v) is 2.60. The quantitative estimate of drug-likeness (QED) is 0.428. The van der Waals surface area contributed by atoms with E-state index in [-0.39, 0.29) is 18.7 Å². The minimum atomic E-state index is -0.698. The summed E-state index contributed by atoms with van der Waals surface area (Å²) < 4.78 is 11.1. The summed E-state index contributed by atoms with van der Waals surface area (Å²) in [6.07, 6.45) is 2.82. The lowest BCUT2D eigenvalue weighted by molar-refractivity contribution is 0.185. The molecule has 0 aliphatic carbocycles. The fourth-order valence-electron chi connectivity index (χ4n) is 2.60. The third kappa shape index (κ3) is 7.64. The van der Waals surface area contributed by atoms with Gasteiger partial charge in [0, 0.05) is 19.0 Å². The van der Waals surface area contributed by atoms with Crippen molar-refractivity contribution in [3.8, 4) is 5.75 Å². The SMILES string of the molecule is CCC(C)NC(=NCC(O)c1cccc(OC(C)C)c1)NCCc1ccco1. The Hall–Kier alpha value is -2.47. The molecular weight excluding hydrogens is 354 g/mol. The Morgan fingerprint density at radius 1 is 1.21 bits per heavy atom. The summed E-state index contributed by atoms with van der Waals surface area (Å²) in [5.74, 6) is 2.37. The molecule has 0 amide bonds. The van der Waals surface area contributed by atoms with Crippen molar-refractivity contribution in [1.29, 1.82) is 0 Å². The first-order valence-corrected chi connectivity index (χ1v) is 9.99. The monoisotopic (exact) mass is 387 g/mol. The predicted molar refractivity (Wildman–Crippen MR) is 113 cm³/mol. The lowest BCUT2D eigenvalue weighted by Gasteiger charge is -2.18. The molecule has 1 aromatic carbocycles. The lowest BCUT2D eigenvalue weighted by atomic mass is 10.1. The van der Waals surface area contributed by atoms with Crippen molar-refractivity contribution in [3.63, 3.8) is 0 Å². The van der Waals surface area contributed by atoms with Crippen LogP contribution >= 0.6 is 0 Å². The molecule has 2 rings (SSSR count). The lowest BCUT2D eigenvalue weighted by Crippen LogP contribution is -2.43. The molecule has 2 unspecified atom stereocenters. The predicted octanol–water partition coefficient (Wildman–Crippen LogP) is 3.68. The van der Waals surface area contributed by atoms with Gasteiger partial charge in [0.2, 0.25) is 0 Å². The molecule has 2 atom stereocenters. The molecule has 0 radical (unpaired) electrons. The number of hydrogen-bond donors (Lipinski definition) is 3. The van der Waals surface area contributed by atoms with Crippen LogP contribution in [0.3, 0.4) is 0 Å². The van der Waals surface area contributed by atoms with Gasteiger partial charge in [-0.05, 0) is 57.0 Å². The summed E-state index contributed by atoms with van der Waals surface area (Å²) in [6, 6.07) is 11.7. The molecular formula is C22H33N3O3. The number of hydrogen-bond acceptors (Lipinski definition) is 4. The van der Waals surface area contributed by atoms with Crippen molar-refractivity contribution in [2.24, 2.45) is 4.99 Å². The molecule has 1 aromatic heterocycles. The summed E-state index contributed by atoms with van der Waals surface area (Å²) >= 11 is 0. The van der Waals surface area contributed by atoms with Gasteiger partial charge in [0.15, 0.2) is 5.96 Å². The number of nitrogens with one attached hydrogen (secondary N) is 2. The summed E-state index contributed by atoms with van der Waals surface area (Å²) in [5.41, 5.74) is 0.792. The van der Waals surface area contributed by atoms with Gasteiger partial charge in [0.25, 0.3) is 0 Å². The van der Waals surface area contributed by atoms with Gasteiger partial charge in [-0.15, -0.1) is 0 Å². The zero-order valence-corrected chi connectivity index (χ0v) is 17.3. The molecule has 28 heavy (non-hydrogen) atoms. The van der Waals surface area contributed by atoms with Crippen LogP contribution in [0.4, 0.5) is 0 Å². The average molecular weight is 388 g/mol. The summed E-state index contributed by atoms with van der Waals surface area (Å²) in [4.78, 5) is 4.57. The van der Waals surface area contributed by atoms with Crippen LogP contribution in [0.1, 0.15) is 51.5 Å². The zero-order chi connectivity index (χ0) is 20.4. The highest BCUT2D eigenvalue weighted by Crippen LogP contribution is 2.20. The minimum Gasteiger partial charge on any atom is -0.491 e. The fraction of sp³-hybridized carbons (Fsp3) is 0.500. The Bertz CT molecular complexity index is 714. The van der Waals surface area contributed by atoms with Gasteiger partial charge in [-0.25, -0.2) is 0 Å². The second-order valence-corrected chi connectivity index (χ2v) is 7.15. The maximum Gasteiger partial charge on any atom is 0.191 e. The Labute approximate surface area is 168 Å². The second kappa shape index (κ2) is 11.4. The molecule has 6 heteroatoms. The van der Waals surface area contributed by atoms with Gasteiger partial charge in [0.1, 0.15) is 11.5 Å². The van der Waals surface area contributed by atoms with E-state index in [1.54, 1.807) is 6.26 Å². The standard InChI is InChI=1S/C22H33N3O3/c1-5-17(4)25-22(23-12-11-19-10-7-13-27-19)24-15-21(26)18-8-6-9-20(14-18)28-16(2)3/h6-10,13-14,16-17,21,26H,5,11-12,15H2,1-4H3,(H2,23,24,25). The number of benzene rings is 1. The van der Waals surface area contributed by atoms with E-state index >= 15 is 0 Å². The van der Waals surface area contributed by atoms with Crippen LogP contribution in [0.2, 0.25) is 0 Å². The van der Waals surface area contributed by atoms with Gasteiger partial charge < -0.3 is 24.9 Å². The minimum absolute atomic E-state index is 0.0927. The van der Waals surface area contributed by atoms with E-state index < -0.39 is 6.10 Å². The number of ether oxygens (including phenoxy) is 1. The molecule has 0 saturated heterocycles. The van der Waals surface area contributed by atoms with Gasteiger partial charge in [-0.1, -0.05) is 19.1 Å². The van der Waals surface area contributed by atoms with Crippen LogP contribution in [0.25, 0.3) is 0 Å². The molecule has 2 aromatic rings. The van der Waals surface area contributed by atoms with Gasteiger partial charge >= 0.3 is 0 Å². The van der Waals surface area contributed by atoms with Crippen LogP contribution in [-0.4, -0.2) is 36.3 Å². The smallest absolute Gasteiger partial charge is 0.191 e. The van der Waals surface area contributed by atoms with Crippen LogP contribution in [0.15, 0.2) is 52.1 Å². The number of furan rings is 1. The van der Waals surface area contributed by atoms with Crippen molar-refractivity contribution in [3.05, 3.63) is 54.0 Å². The number of guanidine groups is 1. The number of aliphatic hydroxyl groups excluding tert-OH is 1. The van der Waals surface area contributed by atoms with Crippen LogP contribution in [0, 0.1) is 0 Å². The highest BCUT2D eigenvalue weighted by Gasteiger charge is 2.10. The molecule has 0 saturated carbocycles. The topological polar surface area (TPSA) is 79.0 Å². The average Bonchev–Trinajstić information content (AvgIpc) is 3.18. The van der Waals surface area contributed by atoms with E-state index in [2.05, 4.69) is 29.5 Å². The Morgan fingerprint density at radius 2 is 2.04 bits per heavy atom. The van der Waals surface area contributed by atoms with Gasteiger partial charge in [-0.3, -0.25) is 4.99 Å². The molecule has 0 aliphatic heterocycles. The van der Waals surface area contributed by atoms with E-state index in [4.69, 9.17) is 9.15 Å². The highest BCUT2D eigenvalue weighted by molar-refractivity contribution is 5.80. The van der Waals surface area contributed by atoms with Crippen LogP contribution < -0.4 is 15.4 Å². The van der Waals surface area contributed by atoms with Crippen molar-refractivity contribution < 1.29 is 14.3 Å². The van der Waals surface area contributed by atoms with Gasteiger partial charge in [0.05, 0.1) is 25.0 Å². The number of aliphatic imine (C=N–C) groups is 1. The van der Waals surface area contributed by atoms with E-state index in [0.717, 1.165) is 29.9 Å². The molecule has 3 N–H and O–H groups in total. The second-order valence-electron chi connectivity index (χ2n) is 7.15. The van der Waals surface area contributed by atoms with Crippen LogP contribution in [-0.2, 0) is 6.42 Å². The Kier molecular flexibility index (Phi) is 8.88. The van der Waals surface area contributed by atoms with E-state index in [1.807, 2.05) is 50.2 Å². The van der Waals surface area contributed by atoms with Crippen LogP contribution in [0.5, 0.6) is 5.75 Å². The largest absolute Gasteiger partial charge is 0.491 e. The summed E-state index contributed by atoms with van der Waals surface area (Å²) in [6.45, 7) is 9.14. The third-order valence-corrected chi connectivity index (χ3v) is 4.28. The van der Waals surface area contributed by atoms with Crippen molar-refractivity contribution in [2.75, 3.05) is 13.1 Å². The van der Waals surface area contributed by atoms with E-state index in [9.17, 15) is 5.11 Å².